The number of methoxy groups -OCH3 is 1. The van der Waals surface area contributed by atoms with Gasteiger partial charge in [0.05, 0.1) is 25.0 Å². The van der Waals surface area contributed by atoms with Crippen LogP contribution in [0.2, 0.25) is 0 Å². The van der Waals surface area contributed by atoms with E-state index in [9.17, 15) is 4.79 Å². The van der Waals surface area contributed by atoms with E-state index in [-0.39, 0.29) is 6.03 Å². The Labute approximate surface area is 132 Å². The zero-order valence-corrected chi connectivity index (χ0v) is 13.7. The first-order valence-corrected chi connectivity index (χ1v) is 7.92. The van der Waals surface area contributed by atoms with Gasteiger partial charge in [-0.3, -0.25) is 9.58 Å². The highest BCUT2D eigenvalue weighted by Crippen LogP contribution is 2.27. The maximum Gasteiger partial charge on any atom is 0.319 e. The number of nitrogens with zero attached hydrogens (tertiary/aromatic N) is 3. The van der Waals surface area contributed by atoms with Crippen LogP contribution in [0.15, 0.2) is 12.4 Å². The quantitative estimate of drug-likeness (QED) is 0.725. The normalized spacial score (nSPS) is 14.6. The predicted octanol–water partition coefficient (Wildman–Crippen LogP) is 1.52. The molecule has 0 atom stereocenters. The number of urea groups is 1. The van der Waals surface area contributed by atoms with Gasteiger partial charge in [-0.25, -0.2) is 4.79 Å². The topological polar surface area (TPSA) is 71.4 Å². The van der Waals surface area contributed by atoms with Gasteiger partial charge in [-0.05, 0) is 26.7 Å². The van der Waals surface area contributed by atoms with E-state index in [0.29, 0.717) is 37.5 Å². The van der Waals surface area contributed by atoms with E-state index in [1.807, 2.05) is 0 Å². The van der Waals surface area contributed by atoms with Gasteiger partial charge in [-0.15, -0.1) is 0 Å². The van der Waals surface area contributed by atoms with Gasteiger partial charge in [0.2, 0.25) is 0 Å². The third kappa shape index (κ3) is 5.31. The molecule has 1 aliphatic carbocycles. The summed E-state index contributed by atoms with van der Waals surface area (Å²) >= 11 is 0. The minimum Gasteiger partial charge on any atom is -0.383 e. The molecule has 1 aliphatic rings. The van der Waals surface area contributed by atoms with Crippen molar-refractivity contribution in [3.05, 3.63) is 12.4 Å². The van der Waals surface area contributed by atoms with E-state index >= 15 is 0 Å². The third-order valence-electron chi connectivity index (χ3n) is 3.75. The number of carbonyl (C=O) groups excluding carboxylic acids is 1. The van der Waals surface area contributed by atoms with E-state index in [1.54, 1.807) is 24.2 Å². The van der Waals surface area contributed by atoms with Crippen molar-refractivity contribution in [2.75, 3.05) is 32.1 Å². The molecule has 1 fully saturated rings. The summed E-state index contributed by atoms with van der Waals surface area (Å²) in [5.41, 5.74) is 0.691. The summed E-state index contributed by atoms with van der Waals surface area (Å²) < 4.78 is 6.73. The highest BCUT2D eigenvalue weighted by molar-refractivity contribution is 5.88. The first kappa shape index (κ1) is 16.8. The molecule has 0 aliphatic heterocycles. The van der Waals surface area contributed by atoms with Crippen molar-refractivity contribution in [3.63, 3.8) is 0 Å². The molecule has 124 valence electrons. The molecule has 0 aromatic carbocycles. The van der Waals surface area contributed by atoms with E-state index in [2.05, 4.69) is 34.5 Å². The fourth-order valence-corrected chi connectivity index (χ4v) is 2.48. The van der Waals surface area contributed by atoms with Gasteiger partial charge in [0.15, 0.2) is 0 Å². The molecule has 1 aromatic heterocycles. The molecule has 22 heavy (non-hydrogen) atoms. The van der Waals surface area contributed by atoms with E-state index < -0.39 is 0 Å². The van der Waals surface area contributed by atoms with Crippen LogP contribution >= 0.6 is 0 Å². The van der Waals surface area contributed by atoms with Crippen molar-refractivity contribution in [2.24, 2.45) is 0 Å². The molecular formula is C15H27N5O2. The van der Waals surface area contributed by atoms with E-state index in [4.69, 9.17) is 4.74 Å². The number of ether oxygens (including phenoxy) is 1. The molecule has 2 N–H and O–H groups in total. The molecule has 1 saturated carbocycles. The van der Waals surface area contributed by atoms with E-state index in [1.165, 1.54) is 12.8 Å². The van der Waals surface area contributed by atoms with Crippen LogP contribution in [0.1, 0.15) is 26.7 Å². The highest BCUT2D eigenvalue weighted by Gasteiger charge is 2.30. The van der Waals surface area contributed by atoms with Crippen LogP contribution in [-0.4, -0.2) is 59.6 Å². The van der Waals surface area contributed by atoms with Crippen molar-refractivity contribution in [2.45, 2.75) is 45.3 Å². The predicted molar refractivity (Wildman–Crippen MR) is 86.0 cm³/mol. The molecule has 0 spiro atoms. The van der Waals surface area contributed by atoms with Gasteiger partial charge < -0.3 is 15.4 Å². The van der Waals surface area contributed by atoms with Crippen molar-refractivity contribution < 1.29 is 9.53 Å². The Morgan fingerprint density at radius 3 is 2.95 bits per heavy atom. The van der Waals surface area contributed by atoms with Gasteiger partial charge >= 0.3 is 6.03 Å². The van der Waals surface area contributed by atoms with Crippen LogP contribution in [0, 0.1) is 0 Å². The highest BCUT2D eigenvalue weighted by atomic mass is 16.5. The van der Waals surface area contributed by atoms with E-state index in [0.717, 1.165) is 6.54 Å². The van der Waals surface area contributed by atoms with Crippen LogP contribution in [0.5, 0.6) is 0 Å². The molecule has 1 aromatic rings. The summed E-state index contributed by atoms with van der Waals surface area (Å²) in [4.78, 5) is 14.3. The van der Waals surface area contributed by atoms with Crippen LogP contribution in [0.4, 0.5) is 10.5 Å². The maximum absolute atomic E-state index is 11.9. The Balaban J connectivity index is 1.67. The average Bonchev–Trinajstić information content (AvgIpc) is 3.21. The minimum absolute atomic E-state index is 0.189. The number of rotatable bonds is 9. The maximum atomic E-state index is 11.9. The summed E-state index contributed by atoms with van der Waals surface area (Å²) in [6.07, 6.45) is 6.00. The molecule has 0 radical (unpaired) electrons. The van der Waals surface area contributed by atoms with Crippen LogP contribution in [-0.2, 0) is 11.3 Å². The van der Waals surface area contributed by atoms with Gasteiger partial charge in [0.1, 0.15) is 0 Å². The number of amides is 2. The third-order valence-corrected chi connectivity index (χ3v) is 3.75. The Hall–Kier alpha value is -1.60. The second kappa shape index (κ2) is 8.14. The number of carbonyl (C=O) groups is 1. The van der Waals surface area contributed by atoms with Gasteiger partial charge in [0.25, 0.3) is 0 Å². The summed E-state index contributed by atoms with van der Waals surface area (Å²) in [5, 5.41) is 9.85. The number of nitrogens with one attached hydrogen (secondary N) is 2. The lowest BCUT2D eigenvalue weighted by Gasteiger charge is -2.26. The standard InChI is InChI=1S/C15H27N5O2/c1-12(2)20(14-4-5-14)7-6-16-15(21)18-13-10-17-19(11-13)8-9-22-3/h10-12,14H,4-9H2,1-3H3,(H2,16,18,21). The molecular weight excluding hydrogens is 282 g/mol. The van der Waals surface area contributed by atoms with Gasteiger partial charge in [-0.2, -0.15) is 5.10 Å². The monoisotopic (exact) mass is 309 g/mol. The number of aromatic nitrogens is 2. The Morgan fingerprint density at radius 1 is 1.55 bits per heavy atom. The summed E-state index contributed by atoms with van der Waals surface area (Å²) in [7, 11) is 1.65. The lowest BCUT2D eigenvalue weighted by molar-refractivity contribution is 0.183. The molecule has 2 rings (SSSR count). The number of hydrogen-bond acceptors (Lipinski definition) is 4. The van der Waals surface area contributed by atoms with Crippen molar-refractivity contribution in [1.29, 1.82) is 0 Å². The lowest BCUT2D eigenvalue weighted by Crippen LogP contribution is -2.41. The first-order valence-electron chi connectivity index (χ1n) is 7.92. The Kier molecular flexibility index (Phi) is 6.21. The average molecular weight is 309 g/mol. The smallest absolute Gasteiger partial charge is 0.319 e. The Morgan fingerprint density at radius 2 is 2.32 bits per heavy atom. The molecule has 7 heteroatoms. The van der Waals surface area contributed by atoms with Gasteiger partial charge in [-0.1, -0.05) is 0 Å². The minimum atomic E-state index is -0.189. The van der Waals surface area contributed by atoms with Crippen LogP contribution in [0.3, 0.4) is 0 Å². The Bertz CT molecular complexity index is 468. The molecule has 2 amide bonds. The number of hydrogen-bond donors (Lipinski definition) is 2. The zero-order chi connectivity index (χ0) is 15.9. The fraction of sp³-hybridized carbons (Fsp3) is 0.733. The largest absolute Gasteiger partial charge is 0.383 e. The zero-order valence-electron chi connectivity index (χ0n) is 13.7. The molecule has 0 saturated heterocycles. The van der Waals surface area contributed by atoms with Crippen molar-refractivity contribution >= 4 is 11.7 Å². The second-order valence-corrected chi connectivity index (χ2v) is 5.93. The summed E-state index contributed by atoms with van der Waals surface area (Å²) in [6.45, 7) is 7.21. The van der Waals surface area contributed by atoms with Crippen molar-refractivity contribution in [3.8, 4) is 0 Å². The van der Waals surface area contributed by atoms with Crippen molar-refractivity contribution in [1.82, 2.24) is 20.0 Å². The number of anilines is 1. The first-order chi connectivity index (χ1) is 10.6. The molecule has 0 bridgehead atoms. The molecule has 0 unspecified atom stereocenters. The van der Waals surface area contributed by atoms with Gasteiger partial charge in [0, 0.05) is 38.5 Å². The van der Waals surface area contributed by atoms with Crippen LogP contribution in [0.25, 0.3) is 0 Å². The lowest BCUT2D eigenvalue weighted by atomic mass is 10.3. The van der Waals surface area contributed by atoms with Crippen LogP contribution < -0.4 is 10.6 Å². The summed E-state index contributed by atoms with van der Waals surface area (Å²) in [6, 6.07) is 1.05. The molecule has 7 nitrogen and oxygen atoms in total. The second-order valence-electron chi connectivity index (χ2n) is 5.93. The fourth-order valence-electron chi connectivity index (χ4n) is 2.48. The summed E-state index contributed by atoms with van der Waals surface area (Å²) in [5.74, 6) is 0. The SMILES string of the molecule is COCCn1cc(NC(=O)NCCN(C(C)C)C2CC2)cn1. The molecule has 1 heterocycles.